The molecule has 11 heavy (non-hydrogen) atoms. The molecule has 1 rings (SSSR count). The van der Waals surface area contributed by atoms with Gasteiger partial charge >= 0.3 is 0 Å². The van der Waals surface area contributed by atoms with Crippen LogP contribution in [0.4, 0.5) is 5.95 Å². The number of hydrogen-bond acceptors (Lipinski definition) is 5. The summed E-state index contributed by atoms with van der Waals surface area (Å²) in [4.78, 5) is 0. The monoisotopic (exact) mass is 156 g/mol. The Kier molecular flexibility index (Phi) is 2.79. The molecule has 0 fully saturated rings. The Morgan fingerprint density at radius 1 is 1.45 bits per heavy atom. The van der Waals surface area contributed by atoms with Crippen molar-refractivity contribution in [3.8, 4) is 0 Å². The summed E-state index contributed by atoms with van der Waals surface area (Å²) in [6.07, 6.45) is 0. The van der Waals surface area contributed by atoms with Crippen molar-refractivity contribution in [2.24, 2.45) is 7.05 Å². The molecule has 0 aliphatic carbocycles. The van der Waals surface area contributed by atoms with Crippen LogP contribution in [-0.2, 0) is 7.05 Å². The largest absolute Gasteiger partial charge is 0.352 e. The van der Waals surface area contributed by atoms with E-state index in [-0.39, 0.29) is 0 Å². The lowest BCUT2D eigenvalue weighted by Gasteiger charge is -2.01. The first-order valence-electron chi connectivity index (χ1n) is 3.45. The van der Waals surface area contributed by atoms with Gasteiger partial charge in [-0.05, 0) is 17.5 Å². The predicted molar refractivity (Wildman–Crippen MR) is 41.2 cm³/mol. The molecule has 0 aliphatic heterocycles. The minimum atomic E-state index is 0.695. The number of hydrogen-bond donors (Lipinski definition) is 2. The molecule has 0 spiro atoms. The van der Waals surface area contributed by atoms with Crippen molar-refractivity contribution in [1.29, 1.82) is 0 Å². The molecule has 6 nitrogen and oxygen atoms in total. The average molecular weight is 156 g/mol. The molecule has 0 atom stereocenters. The van der Waals surface area contributed by atoms with Crippen molar-refractivity contribution in [1.82, 2.24) is 25.5 Å². The van der Waals surface area contributed by atoms with E-state index in [4.69, 9.17) is 0 Å². The number of nitrogens with zero attached hydrogens (tertiary/aromatic N) is 4. The van der Waals surface area contributed by atoms with Gasteiger partial charge in [-0.3, -0.25) is 0 Å². The van der Waals surface area contributed by atoms with Gasteiger partial charge in [-0.15, -0.1) is 0 Å². The van der Waals surface area contributed by atoms with Gasteiger partial charge in [0.25, 0.3) is 0 Å². The molecule has 0 radical (unpaired) electrons. The van der Waals surface area contributed by atoms with E-state index in [1.54, 1.807) is 11.7 Å². The summed E-state index contributed by atoms with van der Waals surface area (Å²) in [5.74, 6) is 0.695. The molecule has 0 aliphatic rings. The molecule has 0 unspecified atom stereocenters. The lowest BCUT2D eigenvalue weighted by atomic mass is 10.6. The predicted octanol–water partition coefficient (Wildman–Crippen LogP) is -1.16. The molecule has 62 valence electrons. The molecule has 0 aromatic carbocycles. The summed E-state index contributed by atoms with van der Waals surface area (Å²) < 4.78 is 1.59. The zero-order valence-electron chi connectivity index (χ0n) is 6.70. The van der Waals surface area contributed by atoms with Gasteiger partial charge in [0.1, 0.15) is 0 Å². The van der Waals surface area contributed by atoms with Crippen LogP contribution < -0.4 is 10.6 Å². The lowest BCUT2D eigenvalue weighted by Crippen LogP contribution is -2.19. The SMILES string of the molecule is CNCCNc1nnnn1C. The van der Waals surface area contributed by atoms with Crippen LogP contribution in [0.15, 0.2) is 0 Å². The van der Waals surface area contributed by atoms with E-state index in [1.807, 2.05) is 7.05 Å². The average Bonchev–Trinajstić information content (AvgIpc) is 2.37. The van der Waals surface area contributed by atoms with Crippen molar-refractivity contribution in [3.63, 3.8) is 0 Å². The van der Waals surface area contributed by atoms with E-state index >= 15 is 0 Å². The van der Waals surface area contributed by atoms with Crippen LogP contribution in [-0.4, -0.2) is 40.3 Å². The molecule has 6 heteroatoms. The topological polar surface area (TPSA) is 67.7 Å². The minimum absolute atomic E-state index is 0.695. The maximum Gasteiger partial charge on any atom is 0.242 e. The summed E-state index contributed by atoms with van der Waals surface area (Å²) in [6.45, 7) is 1.72. The van der Waals surface area contributed by atoms with E-state index in [0.717, 1.165) is 13.1 Å². The van der Waals surface area contributed by atoms with Gasteiger partial charge in [0.05, 0.1) is 0 Å². The number of rotatable bonds is 4. The highest BCUT2D eigenvalue weighted by Gasteiger charge is 1.97. The fourth-order valence-corrected chi connectivity index (χ4v) is 0.679. The van der Waals surface area contributed by atoms with Crippen molar-refractivity contribution in [2.45, 2.75) is 0 Å². The second kappa shape index (κ2) is 3.87. The molecule has 2 N–H and O–H groups in total. The van der Waals surface area contributed by atoms with Crippen LogP contribution in [0.3, 0.4) is 0 Å². The van der Waals surface area contributed by atoms with Gasteiger partial charge in [-0.2, -0.15) is 0 Å². The number of likely N-dealkylation sites (N-methyl/N-ethyl adjacent to an activating group) is 1. The second-order valence-electron chi connectivity index (χ2n) is 2.16. The van der Waals surface area contributed by atoms with Gasteiger partial charge in [-0.1, -0.05) is 5.10 Å². The van der Waals surface area contributed by atoms with Crippen LogP contribution in [0.2, 0.25) is 0 Å². The van der Waals surface area contributed by atoms with E-state index in [0.29, 0.717) is 5.95 Å². The lowest BCUT2D eigenvalue weighted by molar-refractivity contribution is 0.710. The summed E-state index contributed by atoms with van der Waals surface area (Å²) in [6, 6.07) is 0. The zero-order chi connectivity index (χ0) is 8.10. The molecule has 0 saturated carbocycles. The Bertz CT molecular complexity index is 206. The Hall–Kier alpha value is -1.17. The standard InChI is InChI=1S/C5H12N6/c1-6-3-4-7-5-8-9-10-11(5)2/h6H,3-4H2,1-2H3,(H,7,8,10). The Morgan fingerprint density at radius 3 is 2.82 bits per heavy atom. The van der Waals surface area contributed by atoms with E-state index in [2.05, 4.69) is 26.2 Å². The van der Waals surface area contributed by atoms with Gasteiger partial charge in [0, 0.05) is 20.1 Å². The molecule has 0 bridgehead atoms. The van der Waals surface area contributed by atoms with E-state index < -0.39 is 0 Å². The summed E-state index contributed by atoms with van der Waals surface area (Å²) in [5, 5.41) is 17.0. The summed E-state index contributed by atoms with van der Waals surface area (Å²) in [7, 11) is 3.69. The fourth-order valence-electron chi connectivity index (χ4n) is 0.679. The summed E-state index contributed by atoms with van der Waals surface area (Å²) >= 11 is 0. The third kappa shape index (κ3) is 2.15. The third-order valence-electron chi connectivity index (χ3n) is 1.28. The maximum absolute atomic E-state index is 3.75. The first kappa shape index (κ1) is 7.93. The molecular weight excluding hydrogens is 144 g/mol. The Labute approximate surface area is 65.0 Å². The molecule has 0 saturated heterocycles. The first-order valence-corrected chi connectivity index (χ1v) is 3.45. The van der Waals surface area contributed by atoms with Crippen LogP contribution in [0.1, 0.15) is 0 Å². The molecule has 1 aromatic heterocycles. The van der Waals surface area contributed by atoms with Gasteiger partial charge in [0.2, 0.25) is 5.95 Å². The van der Waals surface area contributed by atoms with E-state index in [1.165, 1.54) is 0 Å². The minimum Gasteiger partial charge on any atom is -0.352 e. The van der Waals surface area contributed by atoms with Crippen molar-refractivity contribution in [3.05, 3.63) is 0 Å². The molecule has 1 heterocycles. The van der Waals surface area contributed by atoms with Crippen LogP contribution in [0.25, 0.3) is 0 Å². The smallest absolute Gasteiger partial charge is 0.242 e. The highest BCUT2D eigenvalue weighted by Crippen LogP contribution is 1.92. The van der Waals surface area contributed by atoms with Crippen molar-refractivity contribution >= 4 is 5.95 Å². The molecule has 1 aromatic rings. The van der Waals surface area contributed by atoms with Crippen molar-refractivity contribution < 1.29 is 0 Å². The van der Waals surface area contributed by atoms with Crippen LogP contribution in [0, 0.1) is 0 Å². The number of aryl methyl sites for hydroxylation is 1. The van der Waals surface area contributed by atoms with E-state index in [9.17, 15) is 0 Å². The highest BCUT2D eigenvalue weighted by molar-refractivity contribution is 5.20. The van der Waals surface area contributed by atoms with Gasteiger partial charge in [-0.25, -0.2) is 4.68 Å². The quantitative estimate of drug-likeness (QED) is 0.538. The molecular formula is C5H12N6. The zero-order valence-corrected chi connectivity index (χ0v) is 6.70. The van der Waals surface area contributed by atoms with Crippen LogP contribution >= 0.6 is 0 Å². The maximum atomic E-state index is 3.75. The second-order valence-corrected chi connectivity index (χ2v) is 2.16. The number of aromatic nitrogens is 4. The number of anilines is 1. The van der Waals surface area contributed by atoms with Crippen LogP contribution in [0.5, 0.6) is 0 Å². The number of nitrogens with one attached hydrogen (secondary N) is 2. The number of tetrazole rings is 1. The van der Waals surface area contributed by atoms with Gasteiger partial charge in [0.15, 0.2) is 0 Å². The Balaban J connectivity index is 2.32. The highest BCUT2D eigenvalue weighted by atomic mass is 15.6. The summed E-state index contributed by atoms with van der Waals surface area (Å²) in [5.41, 5.74) is 0. The normalized spacial score (nSPS) is 10.0. The van der Waals surface area contributed by atoms with Gasteiger partial charge < -0.3 is 10.6 Å². The first-order chi connectivity index (χ1) is 5.34. The fraction of sp³-hybridized carbons (Fsp3) is 0.800. The Morgan fingerprint density at radius 2 is 2.27 bits per heavy atom. The molecule has 0 amide bonds. The van der Waals surface area contributed by atoms with Crippen molar-refractivity contribution in [2.75, 3.05) is 25.5 Å². The third-order valence-corrected chi connectivity index (χ3v) is 1.28.